The van der Waals surface area contributed by atoms with E-state index in [1.165, 1.54) is 11.3 Å². The van der Waals surface area contributed by atoms with Gasteiger partial charge in [-0.2, -0.15) is 5.10 Å². The third kappa shape index (κ3) is 2.19. The molecule has 1 aliphatic heterocycles. The number of rotatable bonds is 2. The number of nitrogen functional groups attached to an aromatic ring is 1. The van der Waals surface area contributed by atoms with Gasteiger partial charge < -0.3 is 10.6 Å². The Morgan fingerprint density at radius 2 is 2.26 bits per heavy atom. The lowest BCUT2D eigenvalue weighted by molar-refractivity contribution is 0.897. The summed E-state index contributed by atoms with van der Waals surface area (Å²) in [5.74, 6) is 0.412. The SMILES string of the molecule is Cc1cn(N=Cc2ccc3c(c2)CCN3C)c(N)n1. The third-order valence-corrected chi connectivity index (χ3v) is 3.40. The van der Waals surface area contributed by atoms with E-state index in [0.29, 0.717) is 5.95 Å². The fourth-order valence-electron chi connectivity index (χ4n) is 2.39. The lowest BCUT2D eigenvalue weighted by Gasteiger charge is -2.11. The van der Waals surface area contributed by atoms with E-state index < -0.39 is 0 Å². The van der Waals surface area contributed by atoms with Crippen LogP contribution < -0.4 is 10.6 Å². The second-order valence-corrected chi connectivity index (χ2v) is 4.89. The number of nitrogens with zero attached hydrogens (tertiary/aromatic N) is 4. The maximum atomic E-state index is 5.75. The largest absolute Gasteiger partial charge is 0.374 e. The Kier molecular flexibility index (Phi) is 2.74. The first kappa shape index (κ1) is 11.8. The second-order valence-electron chi connectivity index (χ2n) is 4.89. The number of hydrogen-bond donors (Lipinski definition) is 1. The van der Waals surface area contributed by atoms with E-state index >= 15 is 0 Å². The summed E-state index contributed by atoms with van der Waals surface area (Å²) in [6.45, 7) is 2.98. The Labute approximate surface area is 112 Å². The van der Waals surface area contributed by atoms with E-state index in [4.69, 9.17) is 5.73 Å². The molecule has 1 aliphatic rings. The lowest BCUT2D eigenvalue weighted by atomic mass is 10.1. The van der Waals surface area contributed by atoms with Gasteiger partial charge >= 0.3 is 0 Å². The van der Waals surface area contributed by atoms with Gasteiger partial charge in [0.05, 0.1) is 18.1 Å². The van der Waals surface area contributed by atoms with E-state index in [0.717, 1.165) is 24.2 Å². The van der Waals surface area contributed by atoms with Crippen molar-refractivity contribution in [3.05, 3.63) is 41.2 Å². The summed E-state index contributed by atoms with van der Waals surface area (Å²) < 4.78 is 1.59. The van der Waals surface area contributed by atoms with Crippen molar-refractivity contribution in [2.24, 2.45) is 5.10 Å². The molecule has 0 aliphatic carbocycles. The van der Waals surface area contributed by atoms with Gasteiger partial charge in [-0.1, -0.05) is 6.07 Å². The van der Waals surface area contributed by atoms with Crippen LogP contribution in [0, 0.1) is 6.92 Å². The number of likely N-dealkylation sites (N-methyl/N-ethyl adjacent to an activating group) is 1. The van der Waals surface area contributed by atoms with Crippen molar-refractivity contribution in [2.45, 2.75) is 13.3 Å². The Bertz CT molecular complexity index is 641. The van der Waals surface area contributed by atoms with Gasteiger partial charge in [-0.15, -0.1) is 0 Å². The molecular weight excluding hydrogens is 238 g/mol. The second kappa shape index (κ2) is 4.42. The minimum Gasteiger partial charge on any atom is -0.374 e. The van der Waals surface area contributed by atoms with Gasteiger partial charge in [-0.05, 0) is 36.6 Å². The number of hydrogen-bond acceptors (Lipinski definition) is 4. The van der Waals surface area contributed by atoms with Crippen molar-refractivity contribution in [2.75, 3.05) is 24.2 Å². The van der Waals surface area contributed by atoms with E-state index in [2.05, 4.69) is 40.2 Å². The van der Waals surface area contributed by atoms with Gasteiger partial charge in [0.2, 0.25) is 5.95 Å². The first-order valence-corrected chi connectivity index (χ1v) is 6.33. The summed E-state index contributed by atoms with van der Waals surface area (Å²) in [5, 5.41) is 4.33. The van der Waals surface area contributed by atoms with Gasteiger partial charge in [-0.25, -0.2) is 9.66 Å². The fraction of sp³-hybridized carbons (Fsp3) is 0.286. The topological polar surface area (TPSA) is 59.4 Å². The van der Waals surface area contributed by atoms with Crippen LogP contribution in [-0.2, 0) is 6.42 Å². The van der Waals surface area contributed by atoms with Crippen LogP contribution in [-0.4, -0.2) is 29.5 Å². The highest BCUT2D eigenvalue weighted by Gasteiger charge is 2.14. The monoisotopic (exact) mass is 255 g/mol. The van der Waals surface area contributed by atoms with Gasteiger partial charge in [0.1, 0.15) is 0 Å². The molecule has 0 bridgehead atoms. The molecule has 0 amide bonds. The number of benzene rings is 1. The first-order valence-electron chi connectivity index (χ1n) is 6.33. The standard InChI is InChI=1S/C14H17N5/c1-10-9-19(14(15)17-10)16-8-11-3-4-13-12(7-11)5-6-18(13)2/h3-4,7-9H,5-6H2,1-2H3,(H2,15,17). The van der Waals surface area contributed by atoms with Crippen molar-refractivity contribution in [3.63, 3.8) is 0 Å². The molecule has 0 saturated carbocycles. The molecule has 1 aromatic carbocycles. The molecule has 0 saturated heterocycles. The number of aryl methyl sites for hydroxylation is 1. The molecule has 0 unspecified atom stereocenters. The summed E-state index contributed by atoms with van der Waals surface area (Å²) in [6.07, 6.45) is 4.73. The van der Waals surface area contributed by atoms with Gasteiger partial charge in [0, 0.05) is 19.3 Å². The number of nitrogens with two attached hydrogens (primary N) is 1. The average molecular weight is 255 g/mol. The average Bonchev–Trinajstić information content (AvgIpc) is 2.90. The quantitative estimate of drug-likeness (QED) is 0.830. The molecule has 2 N–H and O–H groups in total. The Balaban J connectivity index is 1.86. The van der Waals surface area contributed by atoms with Crippen LogP contribution in [0.1, 0.15) is 16.8 Å². The molecule has 98 valence electrons. The molecular formula is C14H17N5. The van der Waals surface area contributed by atoms with E-state index in [9.17, 15) is 0 Å². The van der Waals surface area contributed by atoms with Crippen LogP contribution in [0.2, 0.25) is 0 Å². The van der Waals surface area contributed by atoms with E-state index in [-0.39, 0.29) is 0 Å². The molecule has 0 spiro atoms. The highest BCUT2D eigenvalue weighted by molar-refractivity contribution is 5.81. The minimum atomic E-state index is 0.412. The summed E-state index contributed by atoms with van der Waals surface area (Å²) in [7, 11) is 2.12. The molecule has 5 heteroatoms. The van der Waals surface area contributed by atoms with E-state index in [1.807, 2.05) is 19.3 Å². The third-order valence-electron chi connectivity index (χ3n) is 3.40. The fourth-order valence-corrected chi connectivity index (χ4v) is 2.39. The normalized spacial score (nSPS) is 14.3. The summed E-state index contributed by atoms with van der Waals surface area (Å²) >= 11 is 0. The van der Waals surface area contributed by atoms with Gasteiger partial charge in [-0.3, -0.25) is 0 Å². The number of fused-ring (bicyclic) bond motifs is 1. The molecule has 0 radical (unpaired) electrons. The zero-order chi connectivity index (χ0) is 13.4. The van der Waals surface area contributed by atoms with Crippen molar-refractivity contribution < 1.29 is 0 Å². The van der Waals surface area contributed by atoms with Crippen LogP contribution in [0.3, 0.4) is 0 Å². The van der Waals surface area contributed by atoms with Crippen LogP contribution in [0.4, 0.5) is 11.6 Å². The molecule has 0 atom stereocenters. The van der Waals surface area contributed by atoms with Crippen LogP contribution in [0.15, 0.2) is 29.5 Å². The number of imidazole rings is 1. The Morgan fingerprint density at radius 3 is 3.00 bits per heavy atom. The zero-order valence-corrected chi connectivity index (χ0v) is 11.2. The number of anilines is 2. The molecule has 2 aromatic rings. The van der Waals surface area contributed by atoms with Gasteiger partial charge in [0.25, 0.3) is 0 Å². The molecule has 5 nitrogen and oxygen atoms in total. The van der Waals surface area contributed by atoms with Crippen molar-refractivity contribution in [1.29, 1.82) is 0 Å². The predicted molar refractivity (Wildman–Crippen MR) is 77.8 cm³/mol. The van der Waals surface area contributed by atoms with Crippen LogP contribution in [0.25, 0.3) is 0 Å². The lowest BCUT2D eigenvalue weighted by Crippen LogP contribution is -2.12. The molecule has 3 rings (SSSR count). The molecule has 1 aromatic heterocycles. The predicted octanol–water partition coefficient (Wildman–Crippen LogP) is 1.65. The Hall–Kier alpha value is -2.30. The Morgan fingerprint density at radius 1 is 1.42 bits per heavy atom. The maximum absolute atomic E-state index is 5.75. The van der Waals surface area contributed by atoms with Crippen molar-refractivity contribution in [1.82, 2.24) is 9.66 Å². The number of aromatic nitrogens is 2. The van der Waals surface area contributed by atoms with Crippen molar-refractivity contribution in [3.8, 4) is 0 Å². The summed E-state index contributed by atoms with van der Waals surface area (Å²) in [5.41, 5.74) is 10.4. The van der Waals surface area contributed by atoms with Gasteiger partial charge in [0.15, 0.2) is 0 Å². The molecule has 2 heterocycles. The van der Waals surface area contributed by atoms with Crippen molar-refractivity contribution >= 4 is 17.9 Å². The van der Waals surface area contributed by atoms with Crippen LogP contribution in [0.5, 0.6) is 0 Å². The highest BCUT2D eigenvalue weighted by atomic mass is 15.4. The highest BCUT2D eigenvalue weighted by Crippen LogP contribution is 2.26. The summed E-state index contributed by atoms with van der Waals surface area (Å²) in [6, 6.07) is 6.40. The molecule has 19 heavy (non-hydrogen) atoms. The zero-order valence-electron chi connectivity index (χ0n) is 11.2. The maximum Gasteiger partial charge on any atom is 0.221 e. The first-order chi connectivity index (χ1) is 9.13. The smallest absolute Gasteiger partial charge is 0.221 e. The van der Waals surface area contributed by atoms with E-state index in [1.54, 1.807) is 4.68 Å². The van der Waals surface area contributed by atoms with Crippen LogP contribution >= 0.6 is 0 Å². The summed E-state index contributed by atoms with van der Waals surface area (Å²) in [4.78, 5) is 6.38. The minimum absolute atomic E-state index is 0.412. The molecule has 0 fully saturated rings.